The highest BCUT2D eigenvalue weighted by Gasteiger charge is 2.16. The van der Waals surface area contributed by atoms with Crippen molar-refractivity contribution in [2.45, 2.75) is 31.8 Å². The Labute approximate surface area is 186 Å². The third-order valence-electron chi connectivity index (χ3n) is 4.94. The van der Waals surface area contributed by atoms with Gasteiger partial charge in [-0.25, -0.2) is 13.6 Å². The molecule has 3 N–H and O–H groups in total. The van der Waals surface area contributed by atoms with Gasteiger partial charge in [0.05, 0.1) is 28.8 Å². The molecule has 9 nitrogen and oxygen atoms in total. The van der Waals surface area contributed by atoms with Crippen LogP contribution in [0, 0.1) is 13.8 Å². The summed E-state index contributed by atoms with van der Waals surface area (Å²) in [6, 6.07) is 11.2. The number of carbonyl (C=O) groups excluding carboxylic acids is 1. The van der Waals surface area contributed by atoms with Crippen molar-refractivity contribution in [1.29, 1.82) is 0 Å². The molecule has 32 heavy (non-hydrogen) atoms. The van der Waals surface area contributed by atoms with Crippen molar-refractivity contribution in [3.05, 3.63) is 70.6 Å². The van der Waals surface area contributed by atoms with Crippen molar-refractivity contribution in [3.63, 3.8) is 0 Å². The normalized spacial score (nSPS) is 11.2. The van der Waals surface area contributed by atoms with Gasteiger partial charge in [0.1, 0.15) is 23.9 Å². The topological polar surface area (TPSA) is 134 Å². The number of carbonyl (C=O) groups is 1. The summed E-state index contributed by atoms with van der Waals surface area (Å²) in [5.74, 6) is 1.27. The monoisotopic (exact) mass is 459 g/mol. The fraction of sp³-hybridized carbons (Fsp3) is 0.273. The molecule has 0 atom stereocenters. The molecule has 3 aromatic rings. The molecule has 2 aromatic carbocycles. The summed E-state index contributed by atoms with van der Waals surface area (Å²) in [7, 11) is -2.21. The van der Waals surface area contributed by atoms with Gasteiger partial charge in [-0.1, -0.05) is 17.3 Å². The van der Waals surface area contributed by atoms with Gasteiger partial charge in [0.2, 0.25) is 10.0 Å². The Balaban J connectivity index is 1.67. The molecule has 0 aliphatic carbocycles. The molecule has 10 heteroatoms. The molecule has 3 rings (SSSR count). The Kier molecular flexibility index (Phi) is 7.16. The molecular formula is C22H25N3O6S. The lowest BCUT2D eigenvalue weighted by Crippen LogP contribution is -2.26. The molecule has 0 aliphatic heterocycles. The summed E-state index contributed by atoms with van der Waals surface area (Å²) in [4.78, 5) is 12.9. The van der Waals surface area contributed by atoms with Crippen molar-refractivity contribution >= 4 is 15.9 Å². The molecule has 0 unspecified atom stereocenters. The van der Waals surface area contributed by atoms with Crippen molar-refractivity contribution < 1.29 is 27.2 Å². The molecule has 1 aromatic heterocycles. The van der Waals surface area contributed by atoms with E-state index in [1.165, 1.54) is 19.2 Å². The summed E-state index contributed by atoms with van der Waals surface area (Å²) < 4.78 is 39.0. The average Bonchev–Trinajstić information content (AvgIpc) is 3.09. The molecule has 0 aliphatic rings. The number of benzene rings is 2. The molecular weight excluding hydrogens is 434 g/mol. The van der Waals surface area contributed by atoms with E-state index >= 15 is 0 Å². The van der Waals surface area contributed by atoms with Gasteiger partial charge in [0, 0.05) is 6.54 Å². The van der Waals surface area contributed by atoms with Crippen molar-refractivity contribution in [1.82, 2.24) is 10.5 Å². The largest absolute Gasteiger partial charge is 0.497 e. The van der Waals surface area contributed by atoms with Gasteiger partial charge in [0.15, 0.2) is 0 Å². The minimum Gasteiger partial charge on any atom is -0.497 e. The number of rotatable bonds is 9. The van der Waals surface area contributed by atoms with Crippen LogP contribution in [0.15, 0.2) is 51.9 Å². The van der Waals surface area contributed by atoms with Gasteiger partial charge < -0.3 is 19.3 Å². The summed E-state index contributed by atoms with van der Waals surface area (Å²) in [5, 5.41) is 11.9. The maximum Gasteiger partial charge on any atom is 0.255 e. The number of methoxy groups -OCH3 is 1. The first-order valence-electron chi connectivity index (χ1n) is 9.81. The highest BCUT2D eigenvalue weighted by atomic mass is 32.2. The number of nitrogens with one attached hydrogen (secondary N) is 1. The Morgan fingerprint density at radius 1 is 1.16 bits per heavy atom. The molecule has 1 heterocycles. The molecule has 0 spiro atoms. The second-order valence-corrected chi connectivity index (χ2v) is 8.71. The van der Waals surface area contributed by atoms with Crippen LogP contribution in [0.25, 0.3) is 0 Å². The van der Waals surface area contributed by atoms with Gasteiger partial charge in [0.25, 0.3) is 5.91 Å². The predicted molar refractivity (Wildman–Crippen MR) is 117 cm³/mol. The number of hydrogen-bond acceptors (Lipinski definition) is 7. The number of aryl methyl sites for hydroxylation is 2. The highest BCUT2D eigenvalue weighted by Crippen LogP contribution is 2.26. The maximum absolute atomic E-state index is 12.8. The summed E-state index contributed by atoms with van der Waals surface area (Å²) >= 11 is 0. The lowest BCUT2D eigenvalue weighted by Gasteiger charge is -2.13. The first kappa shape index (κ1) is 23.3. The van der Waals surface area contributed by atoms with Crippen LogP contribution in [0.1, 0.15) is 32.9 Å². The van der Waals surface area contributed by atoms with Crippen LogP contribution in [0.2, 0.25) is 0 Å². The summed E-state index contributed by atoms with van der Waals surface area (Å²) in [6.07, 6.45) is 0.510. The minimum absolute atomic E-state index is 0.0433. The lowest BCUT2D eigenvalue weighted by atomic mass is 10.1. The zero-order valence-electron chi connectivity index (χ0n) is 18.0. The van der Waals surface area contributed by atoms with E-state index in [-0.39, 0.29) is 17.4 Å². The van der Waals surface area contributed by atoms with Crippen LogP contribution < -0.4 is 19.9 Å². The Hall–Kier alpha value is -3.37. The number of ether oxygens (including phenoxy) is 2. The fourth-order valence-corrected chi connectivity index (χ4v) is 3.57. The van der Waals surface area contributed by atoms with E-state index in [0.717, 1.165) is 16.8 Å². The quantitative estimate of drug-likeness (QED) is 0.502. The third-order valence-corrected chi connectivity index (χ3v) is 5.86. The van der Waals surface area contributed by atoms with Crippen LogP contribution in [0.3, 0.4) is 0 Å². The maximum atomic E-state index is 12.8. The van der Waals surface area contributed by atoms with E-state index in [1.54, 1.807) is 37.3 Å². The standard InChI is InChI=1S/C22H25N3O6S/c1-14-20(15(2)31-25-14)13-30-21-9-6-17(29-3)12-19(21)22(26)24-11-10-16-4-7-18(8-5-16)32(23,27)28/h4-9,12H,10-11,13H2,1-3H3,(H,24,26)(H2,23,27,28). The SMILES string of the molecule is COc1ccc(OCc2c(C)noc2C)c(C(=O)NCCc2ccc(S(N)(=O)=O)cc2)c1. The molecule has 0 bridgehead atoms. The van der Waals surface area contributed by atoms with E-state index < -0.39 is 10.0 Å². The van der Waals surface area contributed by atoms with E-state index in [1.807, 2.05) is 6.92 Å². The molecule has 1 amide bonds. The molecule has 170 valence electrons. The number of nitrogens with two attached hydrogens (primary N) is 1. The first-order valence-corrected chi connectivity index (χ1v) is 11.4. The Bertz CT molecular complexity index is 1180. The van der Waals surface area contributed by atoms with Gasteiger partial charge in [-0.15, -0.1) is 0 Å². The van der Waals surface area contributed by atoms with Crippen molar-refractivity contribution in [2.24, 2.45) is 5.14 Å². The summed E-state index contributed by atoms with van der Waals surface area (Å²) in [6.45, 7) is 4.18. The highest BCUT2D eigenvalue weighted by molar-refractivity contribution is 7.89. The van der Waals surface area contributed by atoms with Crippen LogP contribution in [-0.4, -0.2) is 33.1 Å². The zero-order valence-corrected chi connectivity index (χ0v) is 18.9. The number of sulfonamides is 1. The first-order chi connectivity index (χ1) is 15.2. The minimum atomic E-state index is -3.73. The predicted octanol–water partition coefficient (Wildman–Crippen LogP) is 2.50. The van der Waals surface area contributed by atoms with Crippen LogP contribution in [0.4, 0.5) is 0 Å². The van der Waals surface area contributed by atoms with Gasteiger partial charge in [-0.05, 0) is 56.2 Å². The smallest absolute Gasteiger partial charge is 0.255 e. The zero-order chi connectivity index (χ0) is 23.3. The Morgan fingerprint density at radius 3 is 2.47 bits per heavy atom. The molecule has 0 saturated heterocycles. The van der Waals surface area contributed by atoms with Gasteiger partial charge in [-0.2, -0.15) is 0 Å². The number of primary sulfonamides is 1. The van der Waals surface area contributed by atoms with Crippen molar-refractivity contribution in [2.75, 3.05) is 13.7 Å². The second kappa shape index (κ2) is 9.84. The Morgan fingerprint density at radius 2 is 1.88 bits per heavy atom. The fourth-order valence-electron chi connectivity index (χ4n) is 3.06. The third kappa shape index (κ3) is 5.65. The van der Waals surface area contributed by atoms with Crippen molar-refractivity contribution in [3.8, 4) is 11.5 Å². The van der Waals surface area contributed by atoms with E-state index in [0.29, 0.717) is 35.8 Å². The van der Waals surface area contributed by atoms with E-state index in [9.17, 15) is 13.2 Å². The van der Waals surface area contributed by atoms with E-state index in [4.69, 9.17) is 19.1 Å². The molecule has 0 radical (unpaired) electrons. The molecule has 0 fully saturated rings. The van der Waals surface area contributed by atoms with Gasteiger partial charge >= 0.3 is 0 Å². The van der Waals surface area contributed by atoms with Crippen LogP contribution in [-0.2, 0) is 23.1 Å². The van der Waals surface area contributed by atoms with Crippen LogP contribution >= 0.6 is 0 Å². The number of amides is 1. The number of nitrogens with zero attached hydrogens (tertiary/aromatic N) is 1. The average molecular weight is 460 g/mol. The summed E-state index contributed by atoms with van der Waals surface area (Å²) in [5.41, 5.74) is 2.75. The van der Waals surface area contributed by atoms with Gasteiger partial charge in [-0.3, -0.25) is 4.79 Å². The lowest BCUT2D eigenvalue weighted by molar-refractivity contribution is 0.0949. The second-order valence-electron chi connectivity index (χ2n) is 7.15. The molecule has 0 saturated carbocycles. The van der Waals surface area contributed by atoms with Crippen LogP contribution in [0.5, 0.6) is 11.5 Å². The number of aromatic nitrogens is 1. The van der Waals surface area contributed by atoms with E-state index in [2.05, 4.69) is 10.5 Å². The number of hydrogen-bond donors (Lipinski definition) is 2.